The molecule has 0 heterocycles. The highest BCUT2D eigenvalue weighted by atomic mass is 16.7. The van der Waals surface area contributed by atoms with Crippen LogP contribution in [-0.2, 0) is 9.53 Å². The molecule has 1 aromatic carbocycles. The molecule has 3 nitrogen and oxygen atoms in total. The maximum absolute atomic E-state index is 9.98. The van der Waals surface area contributed by atoms with E-state index in [9.17, 15) is 4.79 Å². The summed E-state index contributed by atoms with van der Waals surface area (Å²) in [6.45, 7) is 4.64. The Morgan fingerprint density at radius 1 is 1.23 bits per heavy atom. The van der Waals surface area contributed by atoms with E-state index in [-0.39, 0.29) is 0 Å². The van der Waals surface area contributed by atoms with Crippen molar-refractivity contribution in [2.75, 3.05) is 0 Å². The van der Waals surface area contributed by atoms with Crippen LogP contribution in [-0.4, -0.2) is 12.3 Å². The molecular weight excluding hydrogens is 168 g/mol. The van der Waals surface area contributed by atoms with Crippen molar-refractivity contribution in [3.63, 3.8) is 0 Å². The van der Waals surface area contributed by atoms with Gasteiger partial charge in [0.1, 0.15) is 5.75 Å². The highest BCUT2D eigenvalue weighted by Crippen LogP contribution is 2.17. The van der Waals surface area contributed by atoms with Gasteiger partial charge in [-0.1, -0.05) is 18.2 Å². The van der Waals surface area contributed by atoms with Crippen molar-refractivity contribution in [3.8, 4) is 5.75 Å². The summed E-state index contributed by atoms with van der Waals surface area (Å²) in [5, 5.41) is 0. The predicted octanol–water partition coefficient (Wildman–Crippen LogP) is 1.89. The Bertz CT molecular complexity index is 267. The number of para-hydroxylation sites is 1. The SMILES string of the molecule is CC(C)(O[C]=O)Oc1ccccc1. The van der Waals surface area contributed by atoms with Gasteiger partial charge in [0.25, 0.3) is 0 Å². The van der Waals surface area contributed by atoms with Crippen LogP contribution in [0.1, 0.15) is 13.8 Å². The van der Waals surface area contributed by atoms with Crippen LogP contribution < -0.4 is 4.74 Å². The normalized spacial score (nSPS) is 10.6. The molecule has 13 heavy (non-hydrogen) atoms. The third kappa shape index (κ3) is 3.15. The van der Waals surface area contributed by atoms with Crippen LogP contribution in [0.5, 0.6) is 5.75 Å². The Morgan fingerprint density at radius 3 is 2.38 bits per heavy atom. The van der Waals surface area contributed by atoms with E-state index in [1.807, 2.05) is 18.2 Å². The molecule has 0 atom stereocenters. The van der Waals surface area contributed by atoms with Crippen molar-refractivity contribution >= 4 is 6.47 Å². The molecule has 0 aliphatic heterocycles. The molecular formula is C10H11O3. The monoisotopic (exact) mass is 179 g/mol. The molecule has 0 amide bonds. The van der Waals surface area contributed by atoms with E-state index >= 15 is 0 Å². The molecule has 0 fully saturated rings. The molecule has 1 radical (unpaired) electrons. The minimum atomic E-state index is -0.969. The first-order valence-electron chi connectivity index (χ1n) is 3.93. The van der Waals surface area contributed by atoms with Crippen molar-refractivity contribution in [1.82, 2.24) is 0 Å². The molecule has 1 rings (SSSR count). The van der Waals surface area contributed by atoms with Gasteiger partial charge < -0.3 is 9.47 Å². The Hall–Kier alpha value is -1.51. The van der Waals surface area contributed by atoms with E-state index in [0.717, 1.165) is 0 Å². The van der Waals surface area contributed by atoms with Crippen LogP contribution in [0, 0.1) is 0 Å². The fraction of sp³-hybridized carbons (Fsp3) is 0.300. The van der Waals surface area contributed by atoms with Gasteiger partial charge >= 0.3 is 6.47 Å². The van der Waals surface area contributed by atoms with Crippen LogP contribution in [0.2, 0.25) is 0 Å². The average Bonchev–Trinajstić information content (AvgIpc) is 2.04. The predicted molar refractivity (Wildman–Crippen MR) is 47.9 cm³/mol. The number of ether oxygens (including phenoxy) is 2. The summed E-state index contributed by atoms with van der Waals surface area (Å²) >= 11 is 0. The van der Waals surface area contributed by atoms with Crippen LogP contribution in [0.25, 0.3) is 0 Å². The van der Waals surface area contributed by atoms with Crippen LogP contribution in [0.15, 0.2) is 30.3 Å². The fourth-order valence-corrected chi connectivity index (χ4v) is 0.894. The van der Waals surface area contributed by atoms with Gasteiger partial charge in [0.2, 0.25) is 5.79 Å². The summed E-state index contributed by atoms with van der Waals surface area (Å²) in [5.41, 5.74) is 0. The first kappa shape index (κ1) is 9.58. The maximum Gasteiger partial charge on any atom is 0.420 e. The van der Waals surface area contributed by atoms with E-state index in [0.29, 0.717) is 5.75 Å². The lowest BCUT2D eigenvalue weighted by molar-refractivity contribution is -0.0922. The van der Waals surface area contributed by atoms with Crippen LogP contribution in [0.4, 0.5) is 0 Å². The molecule has 0 aliphatic carbocycles. The van der Waals surface area contributed by atoms with E-state index in [1.54, 1.807) is 26.0 Å². The Balaban J connectivity index is 2.63. The van der Waals surface area contributed by atoms with Gasteiger partial charge in [-0.2, -0.15) is 0 Å². The zero-order valence-corrected chi connectivity index (χ0v) is 7.61. The van der Waals surface area contributed by atoms with Crippen molar-refractivity contribution in [2.45, 2.75) is 19.6 Å². The first-order chi connectivity index (χ1) is 6.14. The van der Waals surface area contributed by atoms with E-state index in [2.05, 4.69) is 4.74 Å². The van der Waals surface area contributed by atoms with E-state index in [4.69, 9.17) is 4.74 Å². The van der Waals surface area contributed by atoms with Crippen molar-refractivity contribution in [3.05, 3.63) is 30.3 Å². The Morgan fingerprint density at radius 2 is 1.85 bits per heavy atom. The van der Waals surface area contributed by atoms with Gasteiger partial charge in [-0.05, 0) is 12.1 Å². The van der Waals surface area contributed by atoms with Crippen LogP contribution in [0.3, 0.4) is 0 Å². The van der Waals surface area contributed by atoms with Gasteiger partial charge in [0.15, 0.2) is 0 Å². The van der Waals surface area contributed by atoms with Crippen molar-refractivity contribution < 1.29 is 14.3 Å². The minimum Gasteiger partial charge on any atom is -0.453 e. The standard InChI is InChI=1S/C10H11O3/c1-10(2,12-8-11)13-9-6-4-3-5-7-9/h3-7H,1-2H3. The zero-order chi connectivity index (χ0) is 9.73. The van der Waals surface area contributed by atoms with Crippen LogP contribution >= 0.6 is 0 Å². The lowest BCUT2D eigenvalue weighted by atomic mass is 10.3. The maximum atomic E-state index is 9.98. The quantitative estimate of drug-likeness (QED) is 0.662. The third-order valence-electron chi connectivity index (χ3n) is 1.39. The van der Waals surface area contributed by atoms with Gasteiger partial charge in [-0.3, -0.25) is 0 Å². The summed E-state index contributed by atoms with van der Waals surface area (Å²) in [7, 11) is 0. The van der Waals surface area contributed by atoms with Crippen molar-refractivity contribution in [1.29, 1.82) is 0 Å². The molecule has 1 aromatic rings. The second-order valence-corrected chi connectivity index (χ2v) is 3.00. The fourth-order valence-electron chi connectivity index (χ4n) is 0.894. The lowest BCUT2D eigenvalue weighted by Crippen LogP contribution is -2.31. The summed E-state index contributed by atoms with van der Waals surface area (Å²) in [6.07, 6.45) is 0. The first-order valence-corrected chi connectivity index (χ1v) is 3.93. The highest BCUT2D eigenvalue weighted by Gasteiger charge is 2.20. The van der Waals surface area contributed by atoms with E-state index in [1.165, 1.54) is 6.47 Å². The molecule has 0 bridgehead atoms. The smallest absolute Gasteiger partial charge is 0.420 e. The molecule has 0 saturated carbocycles. The second-order valence-electron chi connectivity index (χ2n) is 3.00. The molecule has 0 aliphatic rings. The number of carbonyl (C=O) groups excluding carboxylic acids is 1. The largest absolute Gasteiger partial charge is 0.453 e. The van der Waals surface area contributed by atoms with E-state index < -0.39 is 5.79 Å². The average molecular weight is 179 g/mol. The number of hydrogen-bond acceptors (Lipinski definition) is 3. The summed E-state index contributed by atoms with van der Waals surface area (Å²) < 4.78 is 9.96. The summed E-state index contributed by atoms with van der Waals surface area (Å²) in [4.78, 5) is 9.98. The molecule has 0 aromatic heterocycles. The highest BCUT2D eigenvalue weighted by molar-refractivity contribution is 5.39. The minimum absolute atomic E-state index is 0.655. The third-order valence-corrected chi connectivity index (χ3v) is 1.39. The number of benzene rings is 1. The topological polar surface area (TPSA) is 35.5 Å². The summed E-state index contributed by atoms with van der Waals surface area (Å²) in [5.74, 6) is -0.314. The molecule has 0 N–H and O–H groups in total. The van der Waals surface area contributed by atoms with Gasteiger partial charge in [-0.25, -0.2) is 4.79 Å². The Kier molecular flexibility index (Phi) is 2.90. The molecule has 0 saturated heterocycles. The number of rotatable bonds is 4. The molecule has 0 unspecified atom stereocenters. The molecule has 69 valence electrons. The van der Waals surface area contributed by atoms with Gasteiger partial charge in [0.05, 0.1) is 0 Å². The number of hydrogen-bond donors (Lipinski definition) is 0. The van der Waals surface area contributed by atoms with Crippen molar-refractivity contribution in [2.24, 2.45) is 0 Å². The Labute approximate surface area is 77.3 Å². The second kappa shape index (κ2) is 3.94. The summed E-state index contributed by atoms with van der Waals surface area (Å²) in [6, 6.07) is 9.14. The molecule has 0 spiro atoms. The van der Waals surface area contributed by atoms with Gasteiger partial charge in [0, 0.05) is 13.8 Å². The lowest BCUT2D eigenvalue weighted by Gasteiger charge is -2.23. The van der Waals surface area contributed by atoms with Gasteiger partial charge in [-0.15, -0.1) is 0 Å². The zero-order valence-electron chi connectivity index (χ0n) is 7.61. The molecule has 3 heteroatoms.